The van der Waals surface area contributed by atoms with E-state index in [1.54, 1.807) is 0 Å². The minimum Gasteiger partial charge on any atom is -0.356 e. The van der Waals surface area contributed by atoms with E-state index in [1.165, 1.54) is 16.3 Å². The van der Waals surface area contributed by atoms with Gasteiger partial charge in [0.1, 0.15) is 0 Å². The number of anilines is 2. The zero-order valence-electron chi connectivity index (χ0n) is 16.5. The molecule has 0 heterocycles. The second kappa shape index (κ2) is 7.12. The molecule has 0 radical (unpaired) electrons. The number of rotatable bonds is 4. The first-order valence-electron chi connectivity index (χ1n) is 9.30. The third kappa shape index (κ3) is 3.91. The minimum atomic E-state index is -1.47. The number of benzene rings is 3. The quantitative estimate of drug-likeness (QED) is 0.504. The van der Waals surface area contributed by atoms with Crippen LogP contribution >= 0.6 is 0 Å². The van der Waals surface area contributed by atoms with E-state index in [4.69, 9.17) is 0 Å². The summed E-state index contributed by atoms with van der Waals surface area (Å²) in [5.41, 5.74) is 4.74. The average molecular weight is 360 g/mol. The van der Waals surface area contributed by atoms with Gasteiger partial charge in [0.05, 0.1) is 8.07 Å². The molecule has 3 aromatic rings. The lowest BCUT2D eigenvalue weighted by Gasteiger charge is -2.37. The van der Waals surface area contributed by atoms with Gasteiger partial charge in [-0.05, 0) is 40.4 Å². The van der Waals surface area contributed by atoms with Gasteiger partial charge in [-0.15, -0.1) is 0 Å². The van der Waals surface area contributed by atoms with Crippen molar-refractivity contribution in [3.63, 3.8) is 0 Å². The third-order valence-corrected chi connectivity index (χ3v) is 11.3. The van der Waals surface area contributed by atoms with E-state index in [9.17, 15) is 0 Å². The fraction of sp³-hybridized carbons (Fsp3) is 0.250. The molecule has 2 heteroatoms. The molecule has 0 spiro atoms. The van der Waals surface area contributed by atoms with Crippen molar-refractivity contribution >= 4 is 24.6 Å². The lowest BCUT2D eigenvalue weighted by molar-refractivity contribution is 0.729. The largest absolute Gasteiger partial charge is 0.356 e. The Morgan fingerprint density at radius 3 is 1.58 bits per heavy atom. The Morgan fingerprint density at radius 1 is 0.615 bits per heavy atom. The molecule has 0 aliphatic carbocycles. The Hall–Kier alpha value is -2.32. The molecular formula is C24H29NSi. The first kappa shape index (κ1) is 18.5. The van der Waals surface area contributed by atoms with Gasteiger partial charge in [-0.2, -0.15) is 0 Å². The molecule has 3 aromatic carbocycles. The van der Waals surface area contributed by atoms with Crippen LogP contribution < -0.4 is 10.5 Å². The van der Waals surface area contributed by atoms with Gasteiger partial charge in [0.15, 0.2) is 0 Å². The Balaban J connectivity index is 1.74. The van der Waals surface area contributed by atoms with Crippen molar-refractivity contribution in [2.24, 2.45) is 0 Å². The van der Waals surface area contributed by atoms with Crippen molar-refractivity contribution in [3.05, 3.63) is 78.9 Å². The molecule has 0 aliphatic rings. The molecule has 0 unspecified atom stereocenters. The normalized spacial score (nSPS) is 12.0. The molecule has 3 rings (SSSR count). The van der Waals surface area contributed by atoms with E-state index in [0.717, 1.165) is 11.4 Å². The minimum absolute atomic E-state index is 0.356. The van der Waals surface area contributed by atoms with Crippen LogP contribution in [0.5, 0.6) is 0 Å². The van der Waals surface area contributed by atoms with Crippen LogP contribution in [0.2, 0.25) is 18.1 Å². The summed E-state index contributed by atoms with van der Waals surface area (Å²) in [6, 6.07) is 28.1. The molecule has 0 amide bonds. The standard InChI is InChI=1S/C24H29NSi/c1-24(2,3)26(4,5)23-17-15-22(16-18-23)25-21-13-11-20(12-14-21)19-9-7-6-8-10-19/h6-18,25H,1-5H3. The number of hydrogen-bond acceptors (Lipinski definition) is 1. The Kier molecular flexibility index (Phi) is 5.06. The van der Waals surface area contributed by atoms with Gasteiger partial charge in [-0.3, -0.25) is 0 Å². The lowest BCUT2D eigenvalue weighted by atomic mass is 10.1. The molecule has 0 saturated heterocycles. The monoisotopic (exact) mass is 359 g/mol. The van der Waals surface area contributed by atoms with Crippen molar-refractivity contribution in [1.29, 1.82) is 0 Å². The predicted molar refractivity (Wildman–Crippen MR) is 118 cm³/mol. The van der Waals surface area contributed by atoms with Gasteiger partial charge in [-0.25, -0.2) is 0 Å². The summed E-state index contributed by atoms with van der Waals surface area (Å²) in [6.07, 6.45) is 0. The highest BCUT2D eigenvalue weighted by molar-refractivity contribution is 6.92. The van der Waals surface area contributed by atoms with Crippen LogP contribution in [0.15, 0.2) is 78.9 Å². The zero-order chi connectivity index (χ0) is 18.8. The van der Waals surface area contributed by atoms with Gasteiger partial charge in [0.25, 0.3) is 0 Å². The van der Waals surface area contributed by atoms with Gasteiger partial charge in [0.2, 0.25) is 0 Å². The van der Waals surface area contributed by atoms with Crippen LogP contribution in [0.3, 0.4) is 0 Å². The average Bonchev–Trinajstić information content (AvgIpc) is 2.63. The molecular weight excluding hydrogens is 330 g/mol. The highest BCUT2D eigenvalue weighted by Gasteiger charge is 2.36. The third-order valence-electron chi connectivity index (χ3n) is 5.76. The van der Waals surface area contributed by atoms with Crippen molar-refractivity contribution in [2.75, 3.05) is 5.32 Å². The van der Waals surface area contributed by atoms with Crippen LogP contribution in [-0.2, 0) is 0 Å². The maximum Gasteiger partial charge on any atom is 0.0859 e. The van der Waals surface area contributed by atoms with Crippen LogP contribution in [-0.4, -0.2) is 8.07 Å². The second-order valence-electron chi connectivity index (χ2n) is 8.52. The maximum absolute atomic E-state index is 3.52. The SMILES string of the molecule is CC(C)(C)[Si](C)(C)c1ccc(Nc2ccc(-c3ccccc3)cc2)cc1. The summed E-state index contributed by atoms with van der Waals surface area (Å²) in [5.74, 6) is 0. The number of hydrogen-bond donors (Lipinski definition) is 1. The molecule has 0 aromatic heterocycles. The summed E-state index contributed by atoms with van der Waals surface area (Å²) < 4.78 is 0. The molecule has 1 N–H and O–H groups in total. The van der Waals surface area contributed by atoms with Crippen LogP contribution in [0.4, 0.5) is 11.4 Å². The fourth-order valence-electron chi connectivity index (χ4n) is 2.95. The first-order chi connectivity index (χ1) is 12.3. The van der Waals surface area contributed by atoms with E-state index in [1.807, 2.05) is 6.07 Å². The summed E-state index contributed by atoms with van der Waals surface area (Å²) in [6.45, 7) is 12.0. The summed E-state index contributed by atoms with van der Waals surface area (Å²) in [5, 5.41) is 5.38. The lowest BCUT2D eigenvalue weighted by Crippen LogP contribution is -2.49. The van der Waals surface area contributed by atoms with Gasteiger partial charge in [-0.1, -0.05) is 93.6 Å². The molecule has 0 bridgehead atoms. The van der Waals surface area contributed by atoms with Crippen LogP contribution in [0.25, 0.3) is 11.1 Å². The molecule has 0 fully saturated rings. The van der Waals surface area contributed by atoms with Gasteiger partial charge >= 0.3 is 0 Å². The van der Waals surface area contributed by atoms with Gasteiger partial charge in [0, 0.05) is 11.4 Å². The summed E-state index contributed by atoms with van der Waals surface area (Å²) in [7, 11) is -1.47. The Labute approximate surface area is 159 Å². The Morgan fingerprint density at radius 2 is 1.08 bits per heavy atom. The second-order valence-corrected chi connectivity index (χ2v) is 13.8. The summed E-state index contributed by atoms with van der Waals surface area (Å²) >= 11 is 0. The summed E-state index contributed by atoms with van der Waals surface area (Å²) in [4.78, 5) is 0. The number of nitrogens with one attached hydrogen (secondary N) is 1. The van der Waals surface area contributed by atoms with E-state index in [2.05, 4.69) is 112 Å². The van der Waals surface area contributed by atoms with Crippen molar-refractivity contribution in [2.45, 2.75) is 38.9 Å². The first-order valence-corrected chi connectivity index (χ1v) is 12.3. The molecule has 0 atom stereocenters. The topological polar surface area (TPSA) is 12.0 Å². The van der Waals surface area contributed by atoms with Crippen LogP contribution in [0, 0.1) is 0 Å². The molecule has 26 heavy (non-hydrogen) atoms. The van der Waals surface area contributed by atoms with Crippen molar-refractivity contribution in [1.82, 2.24) is 0 Å². The zero-order valence-corrected chi connectivity index (χ0v) is 17.5. The van der Waals surface area contributed by atoms with Crippen LogP contribution in [0.1, 0.15) is 20.8 Å². The van der Waals surface area contributed by atoms with E-state index < -0.39 is 8.07 Å². The van der Waals surface area contributed by atoms with E-state index in [0.29, 0.717) is 5.04 Å². The van der Waals surface area contributed by atoms with E-state index in [-0.39, 0.29) is 0 Å². The fourth-order valence-corrected chi connectivity index (χ4v) is 4.81. The smallest absolute Gasteiger partial charge is 0.0859 e. The predicted octanol–water partition coefficient (Wildman–Crippen LogP) is 6.81. The molecule has 0 saturated carbocycles. The van der Waals surface area contributed by atoms with Crippen molar-refractivity contribution in [3.8, 4) is 11.1 Å². The molecule has 1 nitrogen and oxygen atoms in total. The maximum atomic E-state index is 3.52. The highest BCUT2D eigenvalue weighted by atomic mass is 28.3. The Bertz CT molecular complexity index is 841. The van der Waals surface area contributed by atoms with E-state index >= 15 is 0 Å². The highest BCUT2D eigenvalue weighted by Crippen LogP contribution is 2.35. The van der Waals surface area contributed by atoms with Crippen molar-refractivity contribution < 1.29 is 0 Å². The molecule has 0 aliphatic heterocycles. The molecule has 134 valence electrons. The van der Waals surface area contributed by atoms with Gasteiger partial charge < -0.3 is 5.32 Å².